The average molecular weight is 299 g/mol. The monoisotopic (exact) mass is 299 g/mol. The molecule has 5 heteroatoms. The number of hydrogen-bond donors (Lipinski definition) is 1. The minimum Gasteiger partial charge on any atom is -0.378 e. The summed E-state index contributed by atoms with van der Waals surface area (Å²) >= 11 is 5.36. The van der Waals surface area contributed by atoms with Crippen LogP contribution in [0.1, 0.15) is 5.69 Å². The van der Waals surface area contributed by atoms with Crippen molar-refractivity contribution in [3.8, 4) is 0 Å². The molecule has 1 aliphatic heterocycles. The summed E-state index contributed by atoms with van der Waals surface area (Å²) in [4.78, 5) is 7.20. The van der Waals surface area contributed by atoms with E-state index in [2.05, 4.69) is 27.3 Å². The van der Waals surface area contributed by atoms with Crippen LogP contribution in [0.15, 0.2) is 48.7 Å². The van der Waals surface area contributed by atoms with Crippen molar-refractivity contribution in [3.63, 3.8) is 0 Å². The molecule has 2 aromatic rings. The zero-order chi connectivity index (χ0) is 14.5. The second-order valence-corrected chi connectivity index (χ2v) is 5.22. The molecule has 0 spiro atoms. The Bertz CT molecular complexity index is 595. The van der Waals surface area contributed by atoms with Gasteiger partial charge in [0.15, 0.2) is 0 Å². The van der Waals surface area contributed by atoms with Gasteiger partial charge in [0.25, 0.3) is 0 Å². The van der Waals surface area contributed by atoms with E-state index >= 15 is 0 Å². The number of benzene rings is 1. The SMILES string of the molecule is S=C(Nc1ccc(N2CCOCC2)cc1)c1ccccn1. The maximum atomic E-state index is 5.37. The second kappa shape index (κ2) is 6.65. The molecule has 0 aliphatic carbocycles. The number of anilines is 2. The number of nitrogens with zero attached hydrogens (tertiary/aromatic N) is 2. The summed E-state index contributed by atoms with van der Waals surface area (Å²) in [6.45, 7) is 3.48. The van der Waals surface area contributed by atoms with E-state index in [-0.39, 0.29) is 0 Å². The van der Waals surface area contributed by atoms with E-state index in [0.717, 1.165) is 37.7 Å². The van der Waals surface area contributed by atoms with E-state index in [4.69, 9.17) is 17.0 Å². The highest BCUT2D eigenvalue weighted by Gasteiger charge is 2.11. The van der Waals surface area contributed by atoms with Gasteiger partial charge in [0, 0.05) is 30.7 Å². The first kappa shape index (κ1) is 14.0. The van der Waals surface area contributed by atoms with Gasteiger partial charge in [-0.15, -0.1) is 0 Å². The van der Waals surface area contributed by atoms with Crippen LogP contribution in [-0.2, 0) is 4.74 Å². The van der Waals surface area contributed by atoms with E-state index in [1.54, 1.807) is 6.20 Å². The van der Waals surface area contributed by atoms with Crippen molar-refractivity contribution < 1.29 is 4.74 Å². The quantitative estimate of drug-likeness (QED) is 0.882. The third-order valence-corrected chi connectivity index (χ3v) is 3.71. The molecule has 0 amide bonds. The lowest BCUT2D eigenvalue weighted by molar-refractivity contribution is 0.122. The first-order chi connectivity index (χ1) is 10.3. The fraction of sp³-hybridized carbons (Fsp3) is 0.250. The van der Waals surface area contributed by atoms with Gasteiger partial charge in [0.05, 0.1) is 18.9 Å². The first-order valence-corrected chi connectivity index (χ1v) is 7.39. The number of rotatable bonds is 3. The molecule has 2 heterocycles. The Hall–Kier alpha value is -1.98. The molecule has 0 atom stereocenters. The fourth-order valence-corrected chi connectivity index (χ4v) is 2.51. The highest BCUT2D eigenvalue weighted by atomic mass is 32.1. The van der Waals surface area contributed by atoms with Crippen LogP contribution in [0.25, 0.3) is 0 Å². The van der Waals surface area contributed by atoms with Crippen LogP contribution in [0.4, 0.5) is 11.4 Å². The minimum absolute atomic E-state index is 0.634. The molecule has 0 saturated carbocycles. The topological polar surface area (TPSA) is 37.4 Å². The third-order valence-electron chi connectivity index (χ3n) is 3.40. The Morgan fingerprint density at radius 2 is 1.86 bits per heavy atom. The number of aromatic nitrogens is 1. The van der Waals surface area contributed by atoms with Crippen LogP contribution in [0, 0.1) is 0 Å². The smallest absolute Gasteiger partial charge is 0.129 e. The van der Waals surface area contributed by atoms with Crippen molar-refractivity contribution in [2.75, 3.05) is 36.5 Å². The highest BCUT2D eigenvalue weighted by Crippen LogP contribution is 2.19. The Morgan fingerprint density at radius 1 is 1.10 bits per heavy atom. The van der Waals surface area contributed by atoms with Crippen molar-refractivity contribution in [3.05, 3.63) is 54.4 Å². The Morgan fingerprint density at radius 3 is 2.52 bits per heavy atom. The number of thiocarbonyl (C=S) groups is 1. The van der Waals surface area contributed by atoms with E-state index in [9.17, 15) is 0 Å². The molecule has 1 aromatic carbocycles. The molecule has 1 saturated heterocycles. The molecule has 21 heavy (non-hydrogen) atoms. The van der Waals surface area contributed by atoms with E-state index in [1.807, 2.05) is 30.3 Å². The van der Waals surface area contributed by atoms with E-state index in [0.29, 0.717) is 4.99 Å². The predicted molar refractivity (Wildman–Crippen MR) is 89.0 cm³/mol. The highest BCUT2D eigenvalue weighted by molar-refractivity contribution is 7.81. The van der Waals surface area contributed by atoms with Gasteiger partial charge in [-0.25, -0.2) is 0 Å². The molecule has 108 valence electrons. The summed E-state index contributed by atoms with van der Waals surface area (Å²) < 4.78 is 5.37. The van der Waals surface area contributed by atoms with E-state index < -0.39 is 0 Å². The van der Waals surface area contributed by atoms with Crippen LogP contribution in [0.5, 0.6) is 0 Å². The van der Waals surface area contributed by atoms with Gasteiger partial charge in [-0.2, -0.15) is 0 Å². The summed E-state index contributed by atoms with van der Waals surface area (Å²) in [6, 6.07) is 14.0. The molecule has 0 bridgehead atoms. The van der Waals surface area contributed by atoms with Crippen molar-refractivity contribution in [1.29, 1.82) is 0 Å². The molecular weight excluding hydrogens is 282 g/mol. The van der Waals surface area contributed by atoms with Crippen molar-refractivity contribution in [2.45, 2.75) is 0 Å². The molecule has 4 nitrogen and oxygen atoms in total. The second-order valence-electron chi connectivity index (χ2n) is 4.82. The third kappa shape index (κ3) is 3.56. The van der Waals surface area contributed by atoms with Crippen molar-refractivity contribution in [1.82, 2.24) is 4.98 Å². The number of morpholine rings is 1. The van der Waals surface area contributed by atoms with Gasteiger partial charge in [-0.05, 0) is 36.4 Å². The van der Waals surface area contributed by atoms with Crippen molar-refractivity contribution in [2.24, 2.45) is 0 Å². The lowest BCUT2D eigenvalue weighted by Gasteiger charge is -2.28. The summed E-state index contributed by atoms with van der Waals surface area (Å²) in [6.07, 6.45) is 1.74. The van der Waals surface area contributed by atoms with Gasteiger partial charge in [0.2, 0.25) is 0 Å². The van der Waals surface area contributed by atoms with Gasteiger partial charge >= 0.3 is 0 Å². The van der Waals surface area contributed by atoms with Gasteiger partial charge in [-0.1, -0.05) is 18.3 Å². The molecule has 1 N–H and O–H groups in total. The summed E-state index contributed by atoms with van der Waals surface area (Å²) in [5, 5.41) is 3.21. The van der Waals surface area contributed by atoms with Crippen LogP contribution < -0.4 is 10.2 Å². The fourth-order valence-electron chi connectivity index (χ4n) is 2.27. The standard InChI is InChI=1S/C16H17N3OS/c21-16(15-3-1-2-8-17-15)18-13-4-6-14(7-5-13)19-9-11-20-12-10-19/h1-8H,9-12H2,(H,18,21). The number of ether oxygens (including phenoxy) is 1. The maximum absolute atomic E-state index is 5.37. The Balaban J connectivity index is 1.65. The normalized spacial score (nSPS) is 14.8. The summed E-state index contributed by atoms with van der Waals surface area (Å²) in [7, 11) is 0. The number of pyridine rings is 1. The minimum atomic E-state index is 0.634. The molecule has 1 aliphatic rings. The molecule has 0 radical (unpaired) electrons. The molecule has 1 aromatic heterocycles. The van der Waals surface area contributed by atoms with Crippen LogP contribution in [-0.4, -0.2) is 36.3 Å². The van der Waals surface area contributed by atoms with Gasteiger partial charge in [0.1, 0.15) is 4.99 Å². The zero-order valence-corrected chi connectivity index (χ0v) is 12.5. The van der Waals surface area contributed by atoms with E-state index in [1.165, 1.54) is 5.69 Å². The number of hydrogen-bond acceptors (Lipinski definition) is 4. The van der Waals surface area contributed by atoms with Crippen LogP contribution in [0.3, 0.4) is 0 Å². The summed E-state index contributed by atoms with van der Waals surface area (Å²) in [5.41, 5.74) is 2.97. The predicted octanol–water partition coefficient (Wildman–Crippen LogP) is 2.71. The van der Waals surface area contributed by atoms with Gasteiger partial charge in [-0.3, -0.25) is 4.98 Å². The molecule has 1 fully saturated rings. The maximum Gasteiger partial charge on any atom is 0.129 e. The first-order valence-electron chi connectivity index (χ1n) is 6.98. The van der Waals surface area contributed by atoms with Crippen LogP contribution >= 0.6 is 12.2 Å². The zero-order valence-electron chi connectivity index (χ0n) is 11.7. The average Bonchev–Trinajstić information content (AvgIpc) is 2.57. The Labute approximate surface area is 129 Å². The lowest BCUT2D eigenvalue weighted by Crippen LogP contribution is -2.36. The summed E-state index contributed by atoms with van der Waals surface area (Å²) in [5.74, 6) is 0. The van der Waals surface area contributed by atoms with Crippen LogP contribution in [0.2, 0.25) is 0 Å². The van der Waals surface area contributed by atoms with Gasteiger partial charge < -0.3 is 15.0 Å². The largest absolute Gasteiger partial charge is 0.378 e. The number of nitrogens with one attached hydrogen (secondary N) is 1. The Kier molecular flexibility index (Phi) is 4.43. The van der Waals surface area contributed by atoms with Crippen molar-refractivity contribution >= 4 is 28.6 Å². The molecule has 0 unspecified atom stereocenters. The molecule has 3 rings (SSSR count). The molecular formula is C16H17N3OS. The lowest BCUT2D eigenvalue weighted by atomic mass is 10.2.